The highest BCUT2D eigenvalue weighted by atomic mass is 127. The molecule has 0 aliphatic carbocycles. The van der Waals surface area contributed by atoms with Crippen molar-refractivity contribution in [2.24, 2.45) is 5.10 Å². The van der Waals surface area contributed by atoms with E-state index in [1.54, 1.807) is 18.2 Å². The Hall–Kier alpha value is -4.75. The zero-order chi connectivity index (χ0) is 32.5. The molecule has 11 heteroatoms. The molecule has 234 valence electrons. The third-order valence-corrected chi connectivity index (χ3v) is 8.25. The molecule has 0 atom stereocenters. The number of amides is 2. The van der Waals surface area contributed by atoms with Crippen molar-refractivity contribution >= 4 is 68.5 Å². The van der Waals surface area contributed by atoms with Crippen molar-refractivity contribution in [1.82, 2.24) is 10.4 Å². The first-order chi connectivity index (χ1) is 22.3. The van der Waals surface area contributed by atoms with Crippen LogP contribution in [0.4, 0.5) is 16.5 Å². The minimum absolute atomic E-state index is 0.181. The SMILES string of the molecule is CCOc1cc(/C=N/NC(=O)c2ccc(-c3csc(Nc4ccccc4)n3)cc2)cc(I)c1OCC(=O)Nc1ccc(C)cc1C. The van der Waals surface area contributed by atoms with E-state index in [4.69, 9.17) is 9.47 Å². The number of nitrogens with one attached hydrogen (secondary N) is 3. The predicted molar refractivity (Wildman–Crippen MR) is 193 cm³/mol. The Bertz CT molecular complexity index is 1860. The normalized spacial score (nSPS) is 10.9. The van der Waals surface area contributed by atoms with Crippen molar-refractivity contribution in [3.8, 4) is 22.8 Å². The molecular weight excluding hydrogens is 713 g/mol. The molecule has 0 aliphatic heterocycles. The highest BCUT2D eigenvalue weighted by molar-refractivity contribution is 14.1. The molecule has 0 radical (unpaired) electrons. The monoisotopic (exact) mass is 745 g/mol. The lowest BCUT2D eigenvalue weighted by Crippen LogP contribution is -2.21. The number of ether oxygens (including phenoxy) is 2. The average Bonchev–Trinajstić information content (AvgIpc) is 3.51. The molecule has 2 amide bonds. The van der Waals surface area contributed by atoms with Gasteiger partial charge in [-0.3, -0.25) is 9.59 Å². The van der Waals surface area contributed by atoms with Crippen molar-refractivity contribution in [3.05, 3.63) is 116 Å². The first kappa shape index (κ1) is 32.6. The molecule has 5 aromatic rings. The van der Waals surface area contributed by atoms with Gasteiger partial charge in [0.2, 0.25) is 0 Å². The molecule has 5 rings (SSSR count). The summed E-state index contributed by atoms with van der Waals surface area (Å²) in [7, 11) is 0. The number of halogens is 1. The van der Waals surface area contributed by atoms with Crippen molar-refractivity contribution in [2.75, 3.05) is 23.8 Å². The van der Waals surface area contributed by atoms with Gasteiger partial charge in [0.1, 0.15) is 0 Å². The van der Waals surface area contributed by atoms with Gasteiger partial charge in [-0.25, -0.2) is 10.4 Å². The fourth-order valence-electron chi connectivity index (χ4n) is 4.47. The van der Waals surface area contributed by atoms with Crippen LogP contribution < -0.4 is 25.5 Å². The number of aromatic nitrogens is 1. The van der Waals surface area contributed by atoms with Gasteiger partial charge in [-0.2, -0.15) is 5.10 Å². The Labute approximate surface area is 285 Å². The molecule has 0 saturated heterocycles. The van der Waals surface area contributed by atoms with E-state index in [1.807, 2.05) is 92.9 Å². The van der Waals surface area contributed by atoms with Gasteiger partial charge in [-0.05, 0) is 97.0 Å². The molecule has 0 bridgehead atoms. The van der Waals surface area contributed by atoms with Crippen LogP contribution in [-0.2, 0) is 4.79 Å². The average molecular weight is 746 g/mol. The van der Waals surface area contributed by atoms with E-state index < -0.39 is 0 Å². The molecule has 0 aliphatic rings. The summed E-state index contributed by atoms with van der Waals surface area (Å²) in [6.45, 7) is 6.04. The molecule has 1 aromatic heterocycles. The van der Waals surface area contributed by atoms with E-state index in [0.29, 0.717) is 29.2 Å². The smallest absolute Gasteiger partial charge is 0.271 e. The fourth-order valence-corrected chi connectivity index (χ4v) is 6.00. The lowest BCUT2D eigenvalue weighted by molar-refractivity contribution is -0.118. The highest BCUT2D eigenvalue weighted by Crippen LogP contribution is 2.34. The van der Waals surface area contributed by atoms with E-state index in [2.05, 4.69) is 48.7 Å². The van der Waals surface area contributed by atoms with E-state index >= 15 is 0 Å². The summed E-state index contributed by atoms with van der Waals surface area (Å²) in [6.07, 6.45) is 1.53. The second kappa shape index (κ2) is 15.5. The van der Waals surface area contributed by atoms with Gasteiger partial charge in [0.05, 0.1) is 22.1 Å². The summed E-state index contributed by atoms with van der Waals surface area (Å²) in [4.78, 5) is 30.0. The lowest BCUT2D eigenvalue weighted by atomic mass is 10.1. The summed E-state index contributed by atoms with van der Waals surface area (Å²) in [5.41, 5.74) is 9.27. The Morgan fingerprint density at radius 1 is 0.978 bits per heavy atom. The van der Waals surface area contributed by atoms with Gasteiger partial charge >= 0.3 is 0 Å². The topological polar surface area (TPSA) is 114 Å². The van der Waals surface area contributed by atoms with Crippen LogP contribution in [0.1, 0.15) is 34.0 Å². The van der Waals surface area contributed by atoms with Crippen LogP contribution in [-0.4, -0.2) is 36.2 Å². The van der Waals surface area contributed by atoms with Crippen molar-refractivity contribution in [1.29, 1.82) is 0 Å². The van der Waals surface area contributed by atoms with Crippen LogP contribution in [0.2, 0.25) is 0 Å². The molecular formula is C35H32IN5O4S. The fraction of sp³-hybridized carbons (Fsp3) is 0.143. The number of rotatable bonds is 12. The van der Waals surface area contributed by atoms with Crippen LogP contribution >= 0.6 is 33.9 Å². The number of aryl methyl sites for hydroxylation is 2. The predicted octanol–water partition coefficient (Wildman–Crippen LogP) is 7.96. The van der Waals surface area contributed by atoms with Crippen LogP contribution in [0.15, 0.2) is 95.4 Å². The zero-order valence-electron chi connectivity index (χ0n) is 25.5. The summed E-state index contributed by atoms with van der Waals surface area (Å²) in [5.74, 6) is 0.314. The molecule has 0 spiro atoms. The molecule has 0 saturated carbocycles. The minimum atomic E-state index is -0.345. The maximum atomic E-state index is 12.8. The third kappa shape index (κ3) is 8.70. The summed E-state index contributed by atoms with van der Waals surface area (Å²) in [5, 5.41) is 13.1. The van der Waals surface area contributed by atoms with Crippen molar-refractivity contribution in [2.45, 2.75) is 20.8 Å². The highest BCUT2D eigenvalue weighted by Gasteiger charge is 2.15. The molecule has 9 nitrogen and oxygen atoms in total. The van der Waals surface area contributed by atoms with Gasteiger partial charge in [0.15, 0.2) is 23.2 Å². The molecule has 0 unspecified atom stereocenters. The van der Waals surface area contributed by atoms with Crippen LogP contribution in [0, 0.1) is 17.4 Å². The quantitative estimate of drug-likeness (QED) is 0.0679. The minimum Gasteiger partial charge on any atom is -0.490 e. The molecule has 0 fully saturated rings. The number of hydrogen-bond donors (Lipinski definition) is 3. The molecule has 3 N–H and O–H groups in total. The van der Waals surface area contributed by atoms with Crippen LogP contribution in [0.5, 0.6) is 11.5 Å². The standard InChI is InChI=1S/C35H32IN5O4S/c1-4-44-31-18-24(17-28(36)33(31)45-20-32(42)39-29-15-10-22(2)16-23(29)3)19-37-41-34(43)26-13-11-25(12-14-26)30-21-46-35(40-30)38-27-8-6-5-7-9-27/h5-19,21H,4,20H2,1-3H3,(H,38,40)(H,39,42)(H,41,43)/b37-19+. The van der Waals surface area contributed by atoms with E-state index in [0.717, 1.165) is 42.5 Å². The lowest BCUT2D eigenvalue weighted by Gasteiger charge is -2.15. The number of carbonyl (C=O) groups excluding carboxylic acids is 2. The second-order valence-electron chi connectivity index (χ2n) is 10.2. The maximum Gasteiger partial charge on any atom is 0.271 e. The van der Waals surface area contributed by atoms with Gasteiger partial charge in [-0.15, -0.1) is 11.3 Å². The second-order valence-corrected chi connectivity index (χ2v) is 12.2. The summed E-state index contributed by atoms with van der Waals surface area (Å²) < 4.78 is 12.4. The number of hydrogen-bond acceptors (Lipinski definition) is 8. The van der Waals surface area contributed by atoms with Crippen molar-refractivity contribution in [3.63, 3.8) is 0 Å². The molecule has 46 heavy (non-hydrogen) atoms. The number of hydrazone groups is 1. The van der Waals surface area contributed by atoms with Crippen LogP contribution in [0.3, 0.4) is 0 Å². The summed E-state index contributed by atoms with van der Waals surface area (Å²) >= 11 is 3.64. The Morgan fingerprint density at radius 2 is 1.76 bits per heavy atom. The van der Waals surface area contributed by atoms with E-state index in [1.165, 1.54) is 17.6 Å². The first-order valence-electron chi connectivity index (χ1n) is 14.5. The van der Waals surface area contributed by atoms with Gasteiger partial charge in [-0.1, -0.05) is 48.0 Å². The Morgan fingerprint density at radius 3 is 2.50 bits per heavy atom. The number of anilines is 3. The molecule has 1 heterocycles. The Balaban J connectivity index is 1.18. The van der Waals surface area contributed by atoms with Gasteiger partial charge < -0.3 is 20.1 Å². The first-order valence-corrected chi connectivity index (χ1v) is 16.4. The van der Waals surface area contributed by atoms with E-state index in [9.17, 15) is 9.59 Å². The van der Waals surface area contributed by atoms with Crippen LogP contribution in [0.25, 0.3) is 11.3 Å². The Kier molecular flexibility index (Phi) is 11.0. The largest absolute Gasteiger partial charge is 0.490 e. The number of thiazole rings is 1. The number of benzene rings is 4. The zero-order valence-corrected chi connectivity index (χ0v) is 28.4. The van der Waals surface area contributed by atoms with E-state index in [-0.39, 0.29) is 18.4 Å². The van der Waals surface area contributed by atoms with Gasteiger partial charge in [0, 0.05) is 27.9 Å². The van der Waals surface area contributed by atoms with Gasteiger partial charge in [0.25, 0.3) is 11.8 Å². The van der Waals surface area contributed by atoms with Crippen molar-refractivity contribution < 1.29 is 19.1 Å². The number of para-hydroxylation sites is 1. The third-order valence-electron chi connectivity index (χ3n) is 6.69. The number of nitrogens with zero attached hydrogens (tertiary/aromatic N) is 2. The molecule has 4 aromatic carbocycles. The maximum absolute atomic E-state index is 12.8. The summed E-state index contributed by atoms with van der Waals surface area (Å²) in [6, 6.07) is 26.5. The number of carbonyl (C=O) groups is 2.